The number of fused-ring (bicyclic) bond motifs is 10. The average molecular weight is 816 g/mol. The molecule has 4 heterocycles. The molecule has 62 heavy (non-hydrogen) atoms. The van der Waals surface area contributed by atoms with E-state index in [0.29, 0.717) is 11.5 Å². The summed E-state index contributed by atoms with van der Waals surface area (Å²) in [6, 6.07) is 69.6. The lowest BCUT2D eigenvalue weighted by atomic mass is 10.1. The zero-order valence-electron chi connectivity index (χ0n) is 33.0. The van der Waals surface area contributed by atoms with Crippen LogP contribution in [0.1, 0.15) is 0 Å². The SMILES string of the molecule is c1ccc(N(c2cc(N(c3ccccc3)c3cccc4c3sc3ccccc34)c3oc(-c4ccc5c(c4)oc4ccccc45)nc3c2)c2ccc3oc4ccccc4c3c2)cc1. The fourth-order valence-corrected chi connectivity index (χ4v) is 10.3. The minimum atomic E-state index is 0.506. The smallest absolute Gasteiger partial charge is 0.227 e. The predicted octanol–water partition coefficient (Wildman–Crippen LogP) is 16.6. The fourth-order valence-electron chi connectivity index (χ4n) is 9.05. The number of oxazole rings is 1. The van der Waals surface area contributed by atoms with Gasteiger partial charge >= 0.3 is 0 Å². The molecule has 0 atom stereocenters. The van der Waals surface area contributed by atoms with Gasteiger partial charge in [0.05, 0.1) is 21.8 Å². The maximum atomic E-state index is 7.02. The van der Waals surface area contributed by atoms with Gasteiger partial charge in [0, 0.05) is 59.6 Å². The molecule has 0 N–H and O–H groups in total. The van der Waals surface area contributed by atoms with E-state index in [4.69, 9.17) is 18.2 Å². The lowest BCUT2D eigenvalue weighted by molar-refractivity contribution is 0.619. The second-order valence-electron chi connectivity index (χ2n) is 15.5. The monoisotopic (exact) mass is 815 g/mol. The van der Waals surface area contributed by atoms with Gasteiger partial charge in [-0.2, -0.15) is 0 Å². The second-order valence-corrected chi connectivity index (χ2v) is 16.6. The van der Waals surface area contributed by atoms with E-state index in [9.17, 15) is 0 Å². The van der Waals surface area contributed by atoms with Gasteiger partial charge in [0.15, 0.2) is 5.58 Å². The molecule has 7 heteroatoms. The number of rotatable bonds is 7. The second kappa shape index (κ2) is 13.7. The molecule has 13 aromatic rings. The van der Waals surface area contributed by atoms with Crippen LogP contribution in [0, 0.1) is 0 Å². The molecule has 0 unspecified atom stereocenters. The molecular weight excluding hydrogens is 783 g/mol. The third-order valence-electron chi connectivity index (χ3n) is 11.9. The first-order chi connectivity index (χ1) is 30.7. The van der Waals surface area contributed by atoms with Crippen molar-refractivity contribution in [1.82, 2.24) is 4.98 Å². The number of thiophene rings is 1. The van der Waals surface area contributed by atoms with E-state index < -0.39 is 0 Å². The first kappa shape index (κ1) is 34.7. The van der Waals surface area contributed by atoms with Gasteiger partial charge in [0.2, 0.25) is 5.89 Å². The van der Waals surface area contributed by atoms with Crippen LogP contribution < -0.4 is 9.80 Å². The highest BCUT2D eigenvalue weighted by molar-refractivity contribution is 7.26. The zero-order chi connectivity index (χ0) is 40.7. The number of hydrogen-bond acceptors (Lipinski definition) is 7. The van der Waals surface area contributed by atoms with E-state index in [-0.39, 0.29) is 0 Å². The Labute approximate surface area is 358 Å². The van der Waals surface area contributed by atoms with Crippen molar-refractivity contribution in [2.75, 3.05) is 9.80 Å². The van der Waals surface area contributed by atoms with Crippen molar-refractivity contribution < 1.29 is 13.3 Å². The molecule has 292 valence electrons. The summed E-state index contributed by atoms with van der Waals surface area (Å²) in [5, 5.41) is 6.70. The first-order valence-electron chi connectivity index (χ1n) is 20.6. The highest BCUT2D eigenvalue weighted by atomic mass is 32.1. The van der Waals surface area contributed by atoms with Crippen LogP contribution in [-0.4, -0.2) is 4.98 Å². The summed E-state index contributed by atoms with van der Waals surface area (Å²) < 4.78 is 22.1. The molecule has 4 aromatic heterocycles. The number of hydrogen-bond donors (Lipinski definition) is 0. The van der Waals surface area contributed by atoms with Crippen molar-refractivity contribution in [2.45, 2.75) is 0 Å². The minimum Gasteiger partial charge on any atom is -0.456 e. The molecule has 0 radical (unpaired) electrons. The summed E-state index contributed by atoms with van der Waals surface area (Å²) in [7, 11) is 0. The van der Waals surface area contributed by atoms with E-state index >= 15 is 0 Å². The lowest BCUT2D eigenvalue weighted by Gasteiger charge is -2.29. The summed E-state index contributed by atoms with van der Waals surface area (Å²) in [6.45, 7) is 0. The molecule has 0 spiro atoms. The van der Waals surface area contributed by atoms with Gasteiger partial charge in [-0.3, -0.25) is 0 Å². The van der Waals surface area contributed by atoms with Crippen LogP contribution in [-0.2, 0) is 0 Å². The third kappa shape index (κ3) is 5.45. The van der Waals surface area contributed by atoms with Crippen LogP contribution in [0.25, 0.3) is 86.6 Å². The summed E-state index contributed by atoms with van der Waals surface area (Å²) in [6.07, 6.45) is 0. The molecule has 6 nitrogen and oxygen atoms in total. The Kier molecular flexibility index (Phi) is 7.67. The molecule has 0 aliphatic carbocycles. The summed E-state index contributed by atoms with van der Waals surface area (Å²) >= 11 is 1.81. The van der Waals surface area contributed by atoms with E-state index in [0.717, 1.165) is 89.1 Å². The van der Waals surface area contributed by atoms with Gasteiger partial charge in [0.1, 0.15) is 27.8 Å². The highest BCUT2D eigenvalue weighted by Gasteiger charge is 2.26. The molecule has 0 aliphatic heterocycles. The van der Waals surface area contributed by atoms with Crippen LogP contribution in [0.3, 0.4) is 0 Å². The van der Waals surface area contributed by atoms with Crippen molar-refractivity contribution in [1.29, 1.82) is 0 Å². The lowest BCUT2D eigenvalue weighted by Crippen LogP contribution is -2.13. The number of aromatic nitrogens is 1. The van der Waals surface area contributed by atoms with E-state index in [1.165, 1.54) is 20.2 Å². The number of anilines is 6. The molecule has 13 rings (SSSR count). The van der Waals surface area contributed by atoms with Crippen LogP contribution in [0.2, 0.25) is 0 Å². The number of para-hydroxylation sites is 4. The number of nitrogens with zero attached hydrogens (tertiary/aromatic N) is 3. The molecule has 0 fully saturated rings. The van der Waals surface area contributed by atoms with Crippen LogP contribution in [0.5, 0.6) is 0 Å². The van der Waals surface area contributed by atoms with Gasteiger partial charge < -0.3 is 23.1 Å². The standard InChI is InChI=1S/C55H33N3O3S/c1-3-14-35(15-4-1)57(37-27-29-50-44(31-37)40-19-8-11-24-49(40)59-50)38-32-45-53(61-55(56-45)34-26-28-41-39-18-7-10-23-48(39)60-51(41)30-34)47(33-38)58(36-16-5-2-6-17-36)46-22-13-21-43-42-20-9-12-25-52(42)62-54(43)46/h1-33H. The van der Waals surface area contributed by atoms with Gasteiger partial charge in [-0.15, -0.1) is 11.3 Å². The Morgan fingerprint density at radius 3 is 1.79 bits per heavy atom. The number of furan rings is 2. The van der Waals surface area contributed by atoms with Crippen LogP contribution >= 0.6 is 11.3 Å². The molecular formula is C55H33N3O3S. The first-order valence-corrected chi connectivity index (χ1v) is 21.4. The molecule has 0 amide bonds. The Balaban J connectivity index is 1.09. The van der Waals surface area contributed by atoms with Gasteiger partial charge in [-0.05, 0) is 97.1 Å². The maximum absolute atomic E-state index is 7.02. The van der Waals surface area contributed by atoms with Gasteiger partial charge in [0.25, 0.3) is 0 Å². The van der Waals surface area contributed by atoms with Crippen LogP contribution in [0.4, 0.5) is 34.1 Å². The number of benzene rings is 9. The third-order valence-corrected chi connectivity index (χ3v) is 13.1. The fraction of sp³-hybridized carbons (Fsp3) is 0. The molecule has 0 saturated carbocycles. The highest BCUT2D eigenvalue weighted by Crippen LogP contribution is 2.49. The predicted molar refractivity (Wildman–Crippen MR) is 256 cm³/mol. The normalized spacial score (nSPS) is 11.9. The quantitative estimate of drug-likeness (QED) is 0.160. The van der Waals surface area contributed by atoms with Crippen molar-refractivity contribution in [3.8, 4) is 11.5 Å². The molecule has 9 aromatic carbocycles. The van der Waals surface area contributed by atoms with Crippen LogP contribution in [0.15, 0.2) is 213 Å². The molecule has 0 saturated heterocycles. The average Bonchev–Trinajstić information content (AvgIpc) is 4.11. The maximum Gasteiger partial charge on any atom is 0.227 e. The summed E-state index contributed by atoms with van der Waals surface area (Å²) in [4.78, 5) is 9.93. The van der Waals surface area contributed by atoms with Crippen molar-refractivity contribution >= 4 is 121 Å². The van der Waals surface area contributed by atoms with Crippen molar-refractivity contribution in [2.24, 2.45) is 0 Å². The minimum absolute atomic E-state index is 0.506. The molecule has 0 bridgehead atoms. The van der Waals surface area contributed by atoms with E-state index in [1.54, 1.807) is 11.3 Å². The van der Waals surface area contributed by atoms with Gasteiger partial charge in [-0.1, -0.05) is 103 Å². The topological polar surface area (TPSA) is 58.8 Å². The Morgan fingerprint density at radius 1 is 0.371 bits per heavy atom. The van der Waals surface area contributed by atoms with E-state index in [1.807, 2.05) is 36.4 Å². The van der Waals surface area contributed by atoms with Gasteiger partial charge in [-0.25, -0.2) is 4.98 Å². The summed E-state index contributed by atoms with van der Waals surface area (Å²) in [5.74, 6) is 0.506. The van der Waals surface area contributed by atoms with Crippen molar-refractivity contribution in [3.63, 3.8) is 0 Å². The summed E-state index contributed by atoms with van der Waals surface area (Å²) in [5.41, 5.74) is 11.4. The Morgan fingerprint density at radius 2 is 1.00 bits per heavy atom. The van der Waals surface area contributed by atoms with Crippen molar-refractivity contribution in [3.05, 3.63) is 200 Å². The molecule has 0 aliphatic rings. The van der Waals surface area contributed by atoms with E-state index in [2.05, 4.69) is 174 Å². The largest absolute Gasteiger partial charge is 0.456 e. The zero-order valence-corrected chi connectivity index (χ0v) is 33.8. The Bertz CT molecular complexity index is 3840. The Hall–Kier alpha value is -8.13.